The second-order valence-corrected chi connectivity index (χ2v) is 8.86. The van der Waals surface area contributed by atoms with Crippen LogP contribution in [0.4, 0.5) is 0 Å². The van der Waals surface area contributed by atoms with Gasteiger partial charge in [-0.15, -0.1) is 0 Å². The smallest absolute Gasteiger partial charge is 0.257 e. The van der Waals surface area contributed by atoms with Gasteiger partial charge in [-0.2, -0.15) is 5.10 Å². The Balaban J connectivity index is 1.44. The molecule has 2 saturated heterocycles. The van der Waals surface area contributed by atoms with Crippen LogP contribution in [-0.4, -0.2) is 57.1 Å². The van der Waals surface area contributed by atoms with E-state index < -0.39 is 0 Å². The first-order valence-electron chi connectivity index (χ1n) is 10.7. The minimum atomic E-state index is 0.141. The fourth-order valence-electron chi connectivity index (χ4n) is 4.99. The summed E-state index contributed by atoms with van der Waals surface area (Å²) in [4.78, 5) is 29.8. The van der Waals surface area contributed by atoms with E-state index in [1.54, 1.807) is 6.20 Å². The van der Waals surface area contributed by atoms with Crippen LogP contribution in [-0.2, 0) is 17.8 Å². The van der Waals surface area contributed by atoms with Gasteiger partial charge in [-0.1, -0.05) is 13.8 Å². The molecule has 4 heterocycles. The van der Waals surface area contributed by atoms with Crippen molar-refractivity contribution in [3.63, 3.8) is 0 Å². The zero-order valence-corrected chi connectivity index (χ0v) is 16.7. The molecule has 1 aromatic rings. The number of fused-ring (bicyclic) bond motifs is 2. The summed E-state index contributed by atoms with van der Waals surface area (Å²) in [5.41, 5.74) is 1.92. The van der Waals surface area contributed by atoms with Crippen LogP contribution in [0.3, 0.4) is 0 Å². The highest BCUT2D eigenvalue weighted by molar-refractivity contribution is 5.95. The second kappa shape index (κ2) is 7.64. The maximum Gasteiger partial charge on any atom is 0.257 e. The Morgan fingerprint density at radius 3 is 2.89 bits per heavy atom. The van der Waals surface area contributed by atoms with Crippen LogP contribution in [0.5, 0.6) is 0 Å². The lowest BCUT2D eigenvalue weighted by molar-refractivity contribution is -0.140. The highest BCUT2D eigenvalue weighted by Crippen LogP contribution is 2.32. The fourth-order valence-corrected chi connectivity index (χ4v) is 4.99. The lowest BCUT2D eigenvalue weighted by Crippen LogP contribution is -2.57. The van der Waals surface area contributed by atoms with E-state index in [9.17, 15) is 9.59 Å². The van der Waals surface area contributed by atoms with E-state index in [0.717, 1.165) is 76.0 Å². The van der Waals surface area contributed by atoms with Gasteiger partial charge in [-0.05, 0) is 50.4 Å². The molecule has 0 N–H and O–H groups in total. The highest BCUT2D eigenvalue weighted by Gasteiger charge is 2.40. The van der Waals surface area contributed by atoms with E-state index in [1.165, 1.54) is 0 Å². The molecule has 3 aliphatic rings. The van der Waals surface area contributed by atoms with Crippen molar-refractivity contribution in [2.75, 3.05) is 19.6 Å². The summed E-state index contributed by atoms with van der Waals surface area (Å²) < 4.78 is 2.01. The number of carbonyl (C=O) groups is 2. The average Bonchev–Trinajstić information content (AvgIpc) is 3.10. The van der Waals surface area contributed by atoms with E-state index in [0.29, 0.717) is 30.2 Å². The molecule has 6 nitrogen and oxygen atoms in total. The number of rotatable bonds is 4. The molecule has 0 radical (unpaired) electrons. The number of aromatic nitrogens is 2. The summed E-state index contributed by atoms with van der Waals surface area (Å²) in [7, 11) is 0. The molecule has 0 aromatic carbocycles. The third-order valence-electron chi connectivity index (χ3n) is 6.59. The minimum Gasteiger partial charge on any atom is -0.339 e. The molecule has 148 valence electrons. The van der Waals surface area contributed by atoms with Crippen LogP contribution in [0.1, 0.15) is 68.4 Å². The van der Waals surface area contributed by atoms with Gasteiger partial charge in [0.05, 0.1) is 17.5 Å². The van der Waals surface area contributed by atoms with Gasteiger partial charge in [-0.25, -0.2) is 0 Å². The molecule has 0 unspecified atom stereocenters. The highest BCUT2D eigenvalue weighted by atomic mass is 16.2. The lowest BCUT2D eigenvalue weighted by atomic mass is 9.83. The topological polar surface area (TPSA) is 58.4 Å². The van der Waals surface area contributed by atoms with Crippen LogP contribution < -0.4 is 0 Å². The molecule has 0 aliphatic carbocycles. The Kier molecular flexibility index (Phi) is 5.24. The third-order valence-corrected chi connectivity index (χ3v) is 6.59. The molecule has 2 fully saturated rings. The van der Waals surface area contributed by atoms with Crippen molar-refractivity contribution in [2.45, 2.75) is 71.4 Å². The summed E-state index contributed by atoms with van der Waals surface area (Å²) in [6, 6.07) is 0.315. The minimum absolute atomic E-state index is 0.141. The van der Waals surface area contributed by atoms with E-state index in [4.69, 9.17) is 0 Å². The molecule has 27 heavy (non-hydrogen) atoms. The standard InChI is InChI=1S/C21H32N4O2/c1-15(2)8-12-24-18-9-11-23(14-16(18)6-7-20(24)26)21(27)17-13-22-25-10-4-3-5-19(17)25/h13,15-16,18H,3-12,14H2,1-2H3/t16-,18+/m0/s1. The van der Waals surface area contributed by atoms with Gasteiger partial charge < -0.3 is 9.80 Å². The van der Waals surface area contributed by atoms with Gasteiger partial charge in [0.1, 0.15) is 0 Å². The molecule has 1 aromatic heterocycles. The van der Waals surface area contributed by atoms with Gasteiger partial charge in [0, 0.05) is 38.6 Å². The fraction of sp³-hybridized carbons (Fsp3) is 0.762. The SMILES string of the molecule is CC(C)CCN1C(=O)CC[C@H]2CN(C(=O)c3cnn4c3CCCC4)CC[C@H]21. The van der Waals surface area contributed by atoms with Crippen molar-refractivity contribution in [3.05, 3.63) is 17.5 Å². The van der Waals surface area contributed by atoms with Gasteiger partial charge in [0.25, 0.3) is 5.91 Å². The average molecular weight is 373 g/mol. The summed E-state index contributed by atoms with van der Waals surface area (Å²) in [5, 5.41) is 4.43. The summed E-state index contributed by atoms with van der Waals surface area (Å²) in [6.07, 6.45) is 8.53. The number of piperidine rings is 2. The summed E-state index contributed by atoms with van der Waals surface area (Å²) in [6.45, 7) is 7.73. The number of likely N-dealkylation sites (tertiary alicyclic amines) is 2. The second-order valence-electron chi connectivity index (χ2n) is 8.86. The first-order valence-corrected chi connectivity index (χ1v) is 10.7. The lowest BCUT2D eigenvalue weighted by Gasteiger charge is -2.47. The van der Waals surface area contributed by atoms with Crippen molar-refractivity contribution in [1.82, 2.24) is 19.6 Å². The maximum absolute atomic E-state index is 13.2. The van der Waals surface area contributed by atoms with Crippen molar-refractivity contribution < 1.29 is 9.59 Å². The van der Waals surface area contributed by atoms with E-state index >= 15 is 0 Å². The van der Waals surface area contributed by atoms with Crippen LogP contribution in [0, 0.1) is 11.8 Å². The van der Waals surface area contributed by atoms with Crippen LogP contribution in [0.25, 0.3) is 0 Å². The van der Waals surface area contributed by atoms with Crippen molar-refractivity contribution >= 4 is 11.8 Å². The Bertz CT molecular complexity index is 711. The Morgan fingerprint density at radius 1 is 1.22 bits per heavy atom. The number of carbonyl (C=O) groups excluding carboxylic acids is 2. The van der Waals surface area contributed by atoms with Gasteiger partial charge in [0.2, 0.25) is 5.91 Å². The predicted octanol–water partition coefficient (Wildman–Crippen LogP) is 2.72. The first-order chi connectivity index (χ1) is 13.0. The Morgan fingerprint density at radius 2 is 2.07 bits per heavy atom. The number of nitrogens with zero attached hydrogens (tertiary/aromatic N) is 4. The summed E-state index contributed by atoms with van der Waals surface area (Å²) >= 11 is 0. The number of amides is 2. The van der Waals surface area contributed by atoms with Gasteiger partial charge in [0.15, 0.2) is 0 Å². The molecule has 0 spiro atoms. The zero-order chi connectivity index (χ0) is 19.0. The molecule has 2 amide bonds. The molecule has 0 bridgehead atoms. The zero-order valence-electron chi connectivity index (χ0n) is 16.7. The van der Waals surface area contributed by atoms with Gasteiger partial charge >= 0.3 is 0 Å². The maximum atomic E-state index is 13.2. The van der Waals surface area contributed by atoms with Crippen LogP contribution in [0.2, 0.25) is 0 Å². The van der Waals surface area contributed by atoms with Crippen molar-refractivity contribution in [2.24, 2.45) is 11.8 Å². The number of hydrogen-bond donors (Lipinski definition) is 0. The number of aryl methyl sites for hydroxylation is 1. The Labute approximate surface area is 161 Å². The molecular formula is C21H32N4O2. The number of hydrogen-bond acceptors (Lipinski definition) is 3. The van der Waals surface area contributed by atoms with E-state index in [2.05, 4.69) is 23.8 Å². The molecular weight excluding hydrogens is 340 g/mol. The molecule has 0 saturated carbocycles. The van der Waals surface area contributed by atoms with E-state index in [-0.39, 0.29) is 5.91 Å². The monoisotopic (exact) mass is 372 g/mol. The largest absolute Gasteiger partial charge is 0.339 e. The first kappa shape index (κ1) is 18.5. The molecule has 3 aliphatic heterocycles. The van der Waals surface area contributed by atoms with Crippen LogP contribution >= 0.6 is 0 Å². The third kappa shape index (κ3) is 3.63. The normalized spacial score (nSPS) is 25.5. The molecule has 4 rings (SSSR count). The van der Waals surface area contributed by atoms with Crippen LogP contribution in [0.15, 0.2) is 6.20 Å². The predicted molar refractivity (Wildman–Crippen MR) is 103 cm³/mol. The van der Waals surface area contributed by atoms with Crippen molar-refractivity contribution in [3.8, 4) is 0 Å². The molecule has 2 atom stereocenters. The van der Waals surface area contributed by atoms with Gasteiger partial charge in [-0.3, -0.25) is 14.3 Å². The van der Waals surface area contributed by atoms with E-state index in [1.807, 2.05) is 9.58 Å². The quantitative estimate of drug-likeness (QED) is 0.816. The van der Waals surface area contributed by atoms with Crippen molar-refractivity contribution in [1.29, 1.82) is 0 Å². The summed E-state index contributed by atoms with van der Waals surface area (Å²) in [5.74, 6) is 1.47. The Hall–Kier alpha value is -1.85. The molecule has 6 heteroatoms.